The van der Waals surface area contributed by atoms with Crippen molar-refractivity contribution in [3.05, 3.63) is 18.0 Å². The Morgan fingerprint density at radius 2 is 2.27 bits per heavy atom. The molecule has 0 N–H and O–H groups in total. The van der Waals surface area contributed by atoms with Crippen LogP contribution >= 0.6 is 0 Å². The third-order valence-corrected chi connectivity index (χ3v) is 2.14. The zero-order valence-electron chi connectivity index (χ0n) is 10.1. The van der Waals surface area contributed by atoms with Gasteiger partial charge in [0.2, 0.25) is 0 Å². The van der Waals surface area contributed by atoms with Crippen molar-refractivity contribution in [2.75, 3.05) is 6.61 Å². The molecular weight excluding hydrogens is 188 g/mol. The summed E-state index contributed by atoms with van der Waals surface area (Å²) in [4.78, 5) is 0. The predicted molar refractivity (Wildman–Crippen MR) is 61.6 cm³/mol. The standard InChI is InChI=1S/C12H22N2O/c1-4-5-7-14-8-6-12(13-14)10-15-9-11(2)3/h6,8,11H,4-5,7,9-10H2,1-3H3. The molecule has 0 aliphatic heterocycles. The molecule has 0 spiro atoms. The first kappa shape index (κ1) is 12.2. The molecule has 0 unspecified atom stereocenters. The summed E-state index contributed by atoms with van der Waals surface area (Å²) < 4.78 is 7.52. The van der Waals surface area contributed by atoms with Gasteiger partial charge in [0.05, 0.1) is 12.3 Å². The summed E-state index contributed by atoms with van der Waals surface area (Å²) in [5, 5.41) is 4.44. The average Bonchev–Trinajstić information content (AvgIpc) is 2.62. The van der Waals surface area contributed by atoms with Crippen LogP contribution in [0.25, 0.3) is 0 Å². The topological polar surface area (TPSA) is 27.1 Å². The van der Waals surface area contributed by atoms with E-state index in [-0.39, 0.29) is 0 Å². The Bertz CT molecular complexity index is 268. The fraction of sp³-hybridized carbons (Fsp3) is 0.750. The van der Waals surface area contributed by atoms with E-state index in [4.69, 9.17) is 4.74 Å². The van der Waals surface area contributed by atoms with Crippen molar-refractivity contribution in [2.24, 2.45) is 5.92 Å². The minimum Gasteiger partial charge on any atom is -0.375 e. The maximum Gasteiger partial charge on any atom is 0.0906 e. The maximum atomic E-state index is 5.52. The second-order valence-corrected chi connectivity index (χ2v) is 4.33. The van der Waals surface area contributed by atoms with Crippen LogP contribution in [0, 0.1) is 5.92 Å². The lowest BCUT2D eigenvalue weighted by Gasteiger charge is -2.04. The van der Waals surface area contributed by atoms with Gasteiger partial charge in [-0.15, -0.1) is 0 Å². The molecule has 0 aromatic carbocycles. The summed E-state index contributed by atoms with van der Waals surface area (Å²) in [6.45, 7) is 8.95. The predicted octanol–water partition coefficient (Wildman–Crippen LogP) is 2.86. The fourth-order valence-electron chi connectivity index (χ4n) is 1.32. The molecule has 86 valence electrons. The number of nitrogens with zero attached hydrogens (tertiary/aromatic N) is 2. The average molecular weight is 210 g/mol. The Kier molecular flexibility index (Phi) is 5.40. The summed E-state index contributed by atoms with van der Waals surface area (Å²) in [5.41, 5.74) is 1.03. The Morgan fingerprint density at radius 3 is 2.93 bits per heavy atom. The normalized spacial score (nSPS) is 11.2. The van der Waals surface area contributed by atoms with Crippen LogP contribution in [0.2, 0.25) is 0 Å². The number of hydrogen-bond acceptors (Lipinski definition) is 2. The van der Waals surface area contributed by atoms with E-state index in [0.29, 0.717) is 12.5 Å². The first-order valence-corrected chi connectivity index (χ1v) is 5.82. The van der Waals surface area contributed by atoms with Gasteiger partial charge in [0.15, 0.2) is 0 Å². The lowest BCUT2D eigenvalue weighted by atomic mass is 10.2. The third-order valence-electron chi connectivity index (χ3n) is 2.14. The Morgan fingerprint density at radius 1 is 1.47 bits per heavy atom. The summed E-state index contributed by atoms with van der Waals surface area (Å²) in [7, 11) is 0. The molecule has 0 aliphatic rings. The minimum absolute atomic E-state index is 0.590. The van der Waals surface area contributed by atoms with Crippen LogP contribution in [0.15, 0.2) is 12.3 Å². The molecule has 0 aliphatic carbocycles. The molecule has 3 nitrogen and oxygen atoms in total. The molecule has 1 rings (SSSR count). The summed E-state index contributed by atoms with van der Waals surface area (Å²) >= 11 is 0. The molecule has 3 heteroatoms. The smallest absolute Gasteiger partial charge is 0.0906 e. The van der Waals surface area contributed by atoms with E-state index >= 15 is 0 Å². The summed E-state index contributed by atoms with van der Waals surface area (Å²) in [6, 6.07) is 2.04. The third kappa shape index (κ3) is 4.98. The molecule has 0 saturated carbocycles. The van der Waals surface area contributed by atoms with Crippen LogP contribution in [0.1, 0.15) is 39.3 Å². The monoisotopic (exact) mass is 210 g/mol. The molecule has 0 fully saturated rings. The van der Waals surface area contributed by atoms with Gasteiger partial charge in [-0.25, -0.2) is 0 Å². The van der Waals surface area contributed by atoms with Gasteiger partial charge in [-0.05, 0) is 18.4 Å². The zero-order valence-corrected chi connectivity index (χ0v) is 10.1. The van der Waals surface area contributed by atoms with Gasteiger partial charge < -0.3 is 4.74 Å². The molecule has 0 saturated heterocycles. The fourth-order valence-corrected chi connectivity index (χ4v) is 1.32. The molecule has 0 bridgehead atoms. The SMILES string of the molecule is CCCCn1ccc(COCC(C)C)n1. The van der Waals surface area contributed by atoms with Crippen molar-refractivity contribution >= 4 is 0 Å². The molecule has 15 heavy (non-hydrogen) atoms. The van der Waals surface area contributed by atoms with Crippen LogP contribution in [0.3, 0.4) is 0 Å². The van der Waals surface area contributed by atoms with Crippen molar-refractivity contribution in [3.63, 3.8) is 0 Å². The van der Waals surface area contributed by atoms with Crippen molar-refractivity contribution in [3.8, 4) is 0 Å². The van der Waals surface area contributed by atoms with E-state index in [1.54, 1.807) is 0 Å². The number of unbranched alkanes of at least 4 members (excludes halogenated alkanes) is 1. The van der Waals surface area contributed by atoms with Gasteiger partial charge in [-0.3, -0.25) is 4.68 Å². The molecular formula is C12H22N2O. The van der Waals surface area contributed by atoms with Gasteiger partial charge in [0.25, 0.3) is 0 Å². The van der Waals surface area contributed by atoms with Crippen molar-refractivity contribution in [2.45, 2.75) is 46.8 Å². The molecule has 1 heterocycles. The van der Waals surface area contributed by atoms with Crippen LogP contribution < -0.4 is 0 Å². The highest BCUT2D eigenvalue weighted by molar-refractivity contribution is 4.96. The first-order valence-electron chi connectivity index (χ1n) is 5.82. The van der Waals surface area contributed by atoms with Gasteiger partial charge in [0, 0.05) is 19.3 Å². The van der Waals surface area contributed by atoms with Crippen LogP contribution in [0.5, 0.6) is 0 Å². The van der Waals surface area contributed by atoms with Gasteiger partial charge >= 0.3 is 0 Å². The number of aromatic nitrogens is 2. The molecule has 1 aromatic heterocycles. The van der Waals surface area contributed by atoms with E-state index < -0.39 is 0 Å². The molecule has 0 radical (unpaired) electrons. The number of hydrogen-bond donors (Lipinski definition) is 0. The Balaban J connectivity index is 2.26. The van der Waals surface area contributed by atoms with Crippen LogP contribution in [0.4, 0.5) is 0 Å². The first-order chi connectivity index (χ1) is 7.22. The Hall–Kier alpha value is -0.830. The van der Waals surface area contributed by atoms with Crippen molar-refractivity contribution in [1.82, 2.24) is 9.78 Å². The van der Waals surface area contributed by atoms with Crippen LogP contribution in [-0.4, -0.2) is 16.4 Å². The largest absolute Gasteiger partial charge is 0.375 e. The molecule has 0 atom stereocenters. The highest BCUT2D eigenvalue weighted by Crippen LogP contribution is 2.02. The molecule has 1 aromatic rings. The molecule has 0 amide bonds. The van der Waals surface area contributed by atoms with Gasteiger partial charge in [0.1, 0.15) is 0 Å². The van der Waals surface area contributed by atoms with Crippen molar-refractivity contribution in [1.29, 1.82) is 0 Å². The van der Waals surface area contributed by atoms with Crippen LogP contribution in [-0.2, 0) is 17.9 Å². The van der Waals surface area contributed by atoms with Gasteiger partial charge in [-0.1, -0.05) is 27.2 Å². The zero-order chi connectivity index (χ0) is 11.1. The second kappa shape index (κ2) is 6.62. The highest BCUT2D eigenvalue weighted by Gasteiger charge is 2.00. The lowest BCUT2D eigenvalue weighted by molar-refractivity contribution is 0.0944. The van der Waals surface area contributed by atoms with Crippen molar-refractivity contribution < 1.29 is 4.74 Å². The second-order valence-electron chi connectivity index (χ2n) is 4.33. The minimum atomic E-state index is 0.590. The number of aryl methyl sites for hydroxylation is 1. The van der Waals surface area contributed by atoms with E-state index in [1.807, 2.05) is 16.9 Å². The highest BCUT2D eigenvalue weighted by atomic mass is 16.5. The number of rotatable bonds is 7. The number of ether oxygens (including phenoxy) is 1. The summed E-state index contributed by atoms with van der Waals surface area (Å²) in [6.07, 6.45) is 4.43. The van der Waals surface area contributed by atoms with Gasteiger partial charge in [-0.2, -0.15) is 5.10 Å². The maximum absolute atomic E-state index is 5.52. The van der Waals surface area contributed by atoms with E-state index in [2.05, 4.69) is 25.9 Å². The quantitative estimate of drug-likeness (QED) is 0.692. The lowest BCUT2D eigenvalue weighted by Crippen LogP contribution is -2.03. The van der Waals surface area contributed by atoms with E-state index in [0.717, 1.165) is 18.8 Å². The Labute approximate surface area is 92.4 Å². The van der Waals surface area contributed by atoms with E-state index in [1.165, 1.54) is 12.8 Å². The summed E-state index contributed by atoms with van der Waals surface area (Å²) in [5.74, 6) is 0.590. The van der Waals surface area contributed by atoms with E-state index in [9.17, 15) is 0 Å².